The van der Waals surface area contributed by atoms with E-state index in [1.807, 2.05) is 12.1 Å². The van der Waals surface area contributed by atoms with E-state index in [4.69, 9.17) is 9.47 Å². The molecule has 0 heterocycles. The highest BCUT2D eigenvalue weighted by Gasteiger charge is 2.43. The first-order valence-electron chi connectivity index (χ1n) is 7.52. The van der Waals surface area contributed by atoms with E-state index >= 15 is 0 Å². The number of hydrogen-bond acceptors (Lipinski definition) is 3. The van der Waals surface area contributed by atoms with Gasteiger partial charge in [0.2, 0.25) is 0 Å². The zero-order valence-corrected chi connectivity index (χ0v) is 13.3. The van der Waals surface area contributed by atoms with E-state index in [0.29, 0.717) is 6.04 Å². The molecule has 0 spiro atoms. The molecule has 20 heavy (non-hydrogen) atoms. The fraction of sp³-hybridized carbons (Fsp3) is 0.647. The summed E-state index contributed by atoms with van der Waals surface area (Å²) in [6.07, 6.45) is 2.48. The van der Waals surface area contributed by atoms with Gasteiger partial charge in [-0.05, 0) is 49.4 Å². The molecule has 0 saturated heterocycles. The number of methoxy groups -OCH3 is 1. The lowest BCUT2D eigenvalue weighted by atomic mass is 9.87. The average Bonchev–Trinajstić information content (AvgIpc) is 2.68. The van der Waals surface area contributed by atoms with Crippen molar-refractivity contribution in [3.63, 3.8) is 0 Å². The molecule has 1 aliphatic rings. The van der Waals surface area contributed by atoms with Crippen LogP contribution in [0.25, 0.3) is 0 Å². The maximum absolute atomic E-state index is 6.27. The van der Waals surface area contributed by atoms with E-state index < -0.39 is 0 Å². The summed E-state index contributed by atoms with van der Waals surface area (Å²) in [4.78, 5) is 0. The van der Waals surface area contributed by atoms with Gasteiger partial charge in [0.1, 0.15) is 6.10 Å². The van der Waals surface area contributed by atoms with Crippen molar-refractivity contribution in [1.82, 2.24) is 5.32 Å². The van der Waals surface area contributed by atoms with Gasteiger partial charge in [-0.2, -0.15) is 0 Å². The number of aryl methyl sites for hydroxylation is 1. The lowest BCUT2D eigenvalue weighted by Crippen LogP contribution is -2.46. The van der Waals surface area contributed by atoms with Gasteiger partial charge in [-0.15, -0.1) is 0 Å². The van der Waals surface area contributed by atoms with Gasteiger partial charge in [0.25, 0.3) is 0 Å². The zero-order valence-electron chi connectivity index (χ0n) is 13.3. The molecule has 1 fully saturated rings. The number of rotatable bonds is 5. The molecule has 3 nitrogen and oxygen atoms in total. The first kappa shape index (κ1) is 15.2. The number of ether oxygens (including phenoxy) is 2. The number of likely N-dealkylation sites (N-methyl/N-ethyl adjacent to an activating group) is 1. The SMILES string of the molecule is CCNC1C(Oc2ccc(C)cc2OC)CCC1(C)C. The van der Waals surface area contributed by atoms with Gasteiger partial charge >= 0.3 is 0 Å². The summed E-state index contributed by atoms with van der Waals surface area (Å²) in [5.74, 6) is 1.67. The van der Waals surface area contributed by atoms with Crippen molar-refractivity contribution in [2.45, 2.75) is 52.7 Å². The molecule has 3 heteroatoms. The highest BCUT2D eigenvalue weighted by molar-refractivity contribution is 5.42. The van der Waals surface area contributed by atoms with Crippen LogP contribution < -0.4 is 14.8 Å². The molecule has 0 aliphatic heterocycles. The highest BCUT2D eigenvalue weighted by Crippen LogP contribution is 2.40. The van der Waals surface area contributed by atoms with Crippen molar-refractivity contribution in [1.29, 1.82) is 0 Å². The second-order valence-corrected chi connectivity index (χ2v) is 6.37. The standard InChI is InChI=1S/C17H27NO2/c1-6-18-16-14(9-10-17(16,3)4)20-13-8-7-12(2)11-15(13)19-5/h7-8,11,14,16,18H,6,9-10H2,1-5H3. The van der Waals surface area contributed by atoms with Gasteiger partial charge in [0.05, 0.1) is 7.11 Å². The van der Waals surface area contributed by atoms with E-state index in [1.54, 1.807) is 7.11 Å². The van der Waals surface area contributed by atoms with Crippen molar-refractivity contribution in [3.8, 4) is 11.5 Å². The minimum absolute atomic E-state index is 0.210. The van der Waals surface area contributed by atoms with Crippen molar-refractivity contribution in [2.75, 3.05) is 13.7 Å². The molecule has 112 valence electrons. The molecule has 1 saturated carbocycles. The molecule has 0 aromatic heterocycles. The van der Waals surface area contributed by atoms with Crippen molar-refractivity contribution >= 4 is 0 Å². The summed E-state index contributed by atoms with van der Waals surface area (Å²) < 4.78 is 11.7. The van der Waals surface area contributed by atoms with Gasteiger partial charge in [-0.1, -0.05) is 26.8 Å². The molecule has 2 atom stereocenters. The third kappa shape index (κ3) is 3.09. The van der Waals surface area contributed by atoms with Gasteiger partial charge in [0.15, 0.2) is 11.5 Å². The molecule has 2 unspecified atom stereocenters. The Morgan fingerprint density at radius 1 is 1.30 bits per heavy atom. The topological polar surface area (TPSA) is 30.5 Å². The fourth-order valence-corrected chi connectivity index (χ4v) is 3.13. The Labute approximate surface area is 122 Å². The minimum Gasteiger partial charge on any atom is -0.493 e. The predicted octanol–water partition coefficient (Wildman–Crippen LogP) is 3.55. The Morgan fingerprint density at radius 3 is 2.70 bits per heavy atom. The van der Waals surface area contributed by atoms with Crippen molar-refractivity contribution in [2.24, 2.45) is 5.41 Å². The van der Waals surface area contributed by atoms with E-state index in [9.17, 15) is 0 Å². The molecular formula is C17H27NO2. The Kier molecular flexibility index (Phi) is 4.59. The normalized spacial score (nSPS) is 24.6. The number of hydrogen-bond donors (Lipinski definition) is 1. The van der Waals surface area contributed by atoms with Crippen LogP contribution in [0.5, 0.6) is 11.5 Å². The van der Waals surface area contributed by atoms with E-state index in [1.165, 1.54) is 12.0 Å². The Bertz CT molecular complexity index is 456. The average molecular weight is 277 g/mol. The molecule has 1 aromatic rings. The second-order valence-electron chi connectivity index (χ2n) is 6.37. The maximum Gasteiger partial charge on any atom is 0.161 e. The molecule has 1 N–H and O–H groups in total. The van der Waals surface area contributed by atoms with E-state index in [-0.39, 0.29) is 11.5 Å². The Hall–Kier alpha value is -1.22. The first-order chi connectivity index (χ1) is 9.47. The summed E-state index contributed by atoms with van der Waals surface area (Å²) in [6, 6.07) is 6.50. The summed E-state index contributed by atoms with van der Waals surface area (Å²) in [5, 5.41) is 3.59. The zero-order chi connectivity index (χ0) is 14.8. The minimum atomic E-state index is 0.210. The van der Waals surface area contributed by atoms with Crippen LogP contribution in [0.15, 0.2) is 18.2 Å². The van der Waals surface area contributed by atoms with E-state index in [2.05, 4.69) is 39.1 Å². The smallest absolute Gasteiger partial charge is 0.161 e. The second kappa shape index (κ2) is 6.04. The lowest BCUT2D eigenvalue weighted by Gasteiger charge is -2.31. The van der Waals surface area contributed by atoms with Crippen LogP contribution in [0.3, 0.4) is 0 Å². The molecular weight excluding hydrogens is 250 g/mol. The van der Waals surface area contributed by atoms with Crippen molar-refractivity contribution in [3.05, 3.63) is 23.8 Å². The van der Waals surface area contributed by atoms with Gasteiger partial charge in [-0.3, -0.25) is 0 Å². The number of benzene rings is 1. The third-order valence-electron chi connectivity index (χ3n) is 4.31. The summed E-state index contributed by atoms with van der Waals surface area (Å²) in [7, 11) is 1.70. The lowest BCUT2D eigenvalue weighted by molar-refractivity contribution is 0.137. The van der Waals surface area contributed by atoms with Gasteiger partial charge in [-0.25, -0.2) is 0 Å². The van der Waals surface area contributed by atoms with Crippen molar-refractivity contribution < 1.29 is 9.47 Å². The monoisotopic (exact) mass is 277 g/mol. The van der Waals surface area contributed by atoms with E-state index in [0.717, 1.165) is 24.5 Å². The van der Waals surface area contributed by atoms with Crippen LogP contribution in [0.2, 0.25) is 0 Å². The largest absolute Gasteiger partial charge is 0.493 e. The Morgan fingerprint density at radius 2 is 2.05 bits per heavy atom. The van der Waals surface area contributed by atoms with Crippen LogP contribution in [0.1, 0.15) is 39.2 Å². The highest BCUT2D eigenvalue weighted by atomic mass is 16.5. The third-order valence-corrected chi connectivity index (χ3v) is 4.31. The molecule has 1 aliphatic carbocycles. The Balaban J connectivity index is 2.17. The maximum atomic E-state index is 6.27. The van der Waals surface area contributed by atoms with Gasteiger partial charge in [0, 0.05) is 6.04 Å². The molecule has 2 rings (SSSR count). The quantitative estimate of drug-likeness (QED) is 0.893. The van der Waals surface area contributed by atoms with Crippen LogP contribution in [0.4, 0.5) is 0 Å². The van der Waals surface area contributed by atoms with Gasteiger partial charge < -0.3 is 14.8 Å². The molecule has 0 amide bonds. The molecule has 0 radical (unpaired) electrons. The summed E-state index contributed by atoms with van der Waals surface area (Å²) in [6.45, 7) is 9.81. The molecule has 0 bridgehead atoms. The van der Waals surface area contributed by atoms with Crippen LogP contribution >= 0.6 is 0 Å². The number of nitrogens with one attached hydrogen (secondary N) is 1. The van der Waals surface area contributed by atoms with Crippen LogP contribution in [0, 0.1) is 12.3 Å². The predicted molar refractivity (Wildman–Crippen MR) is 82.6 cm³/mol. The first-order valence-corrected chi connectivity index (χ1v) is 7.52. The summed E-state index contributed by atoms with van der Waals surface area (Å²) in [5.41, 5.74) is 1.46. The van der Waals surface area contributed by atoms with Crippen LogP contribution in [-0.2, 0) is 0 Å². The fourth-order valence-electron chi connectivity index (χ4n) is 3.13. The summed E-state index contributed by atoms with van der Waals surface area (Å²) >= 11 is 0. The van der Waals surface area contributed by atoms with Crippen LogP contribution in [-0.4, -0.2) is 25.8 Å². The molecule has 1 aromatic carbocycles.